The summed E-state index contributed by atoms with van der Waals surface area (Å²) in [5.41, 5.74) is 1.99. The number of nitrogens with one attached hydrogen (secondary N) is 2. The number of hydrogen-bond donors (Lipinski definition) is 3. The van der Waals surface area contributed by atoms with Crippen molar-refractivity contribution in [2.24, 2.45) is 5.84 Å². The predicted molar refractivity (Wildman–Crippen MR) is 70.9 cm³/mol. The Balaban J connectivity index is 2.43. The summed E-state index contributed by atoms with van der Waals surface area (Å²) in [6.45, 7) is 0.514. The maximum absolute atomic E-state index is 11.8. The average Bonchev–Trinajstić information content (AvgIpc) is 2.94. The fourth-order valence-electron chi connectivity index (χ4n) is 2.24. The molecular formula is C10H15N7O3. The van der Waals surface area contributed by atoms with Crippen LogP contribution in [0.25, 0.3) is 0 Å². The molecule has 1 aliphatic heterocycles. The summed E-state index contributed by atoms with van der Waals surface area (Å²) in [6.07, 6.45) is 2.45. The van der Waals surface area contributed by atoms with Gasteiger partial charge >= 0.3 is 5.69 Å². The molecule has 1 aromatic heterocycles. The number of nitrogens with zero attached hydrogens (tertiary/aromatic N) is 4. The highest BCUT2D eigenvalue weighted by Crippen LogP contribution is 2.31. The van der Waals surface area contributed by atoms with Crippen molar-refractivity contribution in [3.8, 4) is 0 Å². The second-order valence-corrected chi connectivity index (χ2v) is 4.27. The monoisotopic (exact) mass is 281 g/mol. The first kappa shape index (κ1) is 13.9. The van der Waals surface area contributed by atoms with E-state index in [0.717, 1.165) is 12.6 Å². The van der Waals surface area contributed by atoms with Gasteiger partial charge in [0.1, 0.15) is 12.2 Å². The van der Waals surface area contributed by atoms with E-state index in [-0.39, 0.29) is 23.4 Å². The van der Waals surface area contributed by atoms with E-state index in [1.54, 1.807) is 4.90 Å². The Morgan fingerprint density at radius 3 is 3.00 bits per heavy atom. The zero-order chi connectivity index (χ0) is 14.7. The second-order valence-electron chi connectivity index (χ2n) is 4.27. The van der Waals surface area contributed by atoms with Crippen LogP contribution in [0.15, 0.2) is 6.20 Å². The molecule has 1 saturated heterocycles. The number of nitrogens with two attached hydrogens (primary N) is 1. The third-order valence-electron chi connectivity index (χ3n) is 3.15. The summed E-state index contributed by atoms with van der Waals surface area (Å²) in [4.78, 5) is 31.7. The van der Waals surface area contributed by atoms with E-state index in [1.165, 1.54) is 7.05 Å². The van der Waals surface area contributed by atoms with Gasteiger partial charge in [-0.3, -0.25) is 20.3 Å². The Hall–Kier alpha value is -2.49. The van der Waals surface area contributed by atoms with Crippen LogP contribution in [0.1, 0.15) is 12.8 Å². The highest BCUT2D eigenvalue weighted by Gasteiger charge is 2.35. The lowest BCUT2D eigenvalue weighted by Crippen LogP contribution is -2.42. The van der Waals surface area contributed by atoms with Gasteiger partial charge in [-0.25, -0.2) is 10.8 Å². The van der Waals surface area contributed by atoms with Crippen LogP contribution >= 0.6 is 0 Å². The summed E-state index contributed by atoms with van der Waals surface area (Å²) >= 11 is 0. The maximum Gasteiger partial charge on any atom is 0.329 e. The van der Waals surface area contributed by atoms with E-state index in [4.69, 9.17) is 5.84 Å². The lowest BCUT2D eigenvalue weighted by atomic mass is 10.2. The van der Waals surface area contributed by atoms with E-state index in [2.05, 4.69) is 20.7 Å². The van der Waals surface area contributed by atoms with Crippen molar-refractivity contribution in [1.29, 1.82) is 0 Å². The van der Waals surface area contributed by atoms with Crippen molar-refractivity contribution in [3.05, 3.63) is 16.3 Å². The van der Waals surface area contributed by atoms with Crippen molar-refractivity contribution in [2.45, 2.75) is 18.9 Å². The molecule has 20 heavy (non-hydrogen) atoms. The van der Waals surface area contributed by atoms with E-state index in [1.807, 2.05) is 0 Å². The number of amides is 1. The number of nitro groups is 1. The van der Waals surface area contributed by atoms with Crippen LogP contribution < -0.4 is 21.5 Å². The molecule has 1 unspecified atom stereocenters. The first-order chi connectivity index (χ1) is 9.58. The number of likely N-dealkylation sites (N-methyl/N-ethyl adjacent to an activating group) is 1. The van der Waals surface area contributed by atoms with E-state index in [0.29, 0.717) is 13.0 Å². The van der Waals surface area contributed by atoms with Gasteiger partial charge in [-0.15, -0.1) is 0 Å². The molecule has 10 nitrogen and oxygen atoms in total. The largest absolute Gasteiger partial charge is 0.357 e. The van der Waals surface area contributed by atoms with Gasteiger partial charge in [-0.2, -0.15) is 4.98 Å². The van der Waals surface area contributed by atoms with Crippen molar-refractivity contribution in [2.75, 3.05) is 23.9 Å². The van der Waals surface area contributed by atoms with Crippen molar-refractivity contribution < 1.29 is 9.72 Å². The average molecular weight is 281 g/mol. The Kier molecular flexibility index (Phi) is 3.94. The molecule has 0 aliphatic carbocycles. The lowest BCUT2D eigenvalue weighted by Gasteiger charge is -2.23. The lowest BCUT2D eigenvalue weighted by molar-refractivity contribution is -0.384. The second kappa shape index (κ2) is 5.65. The number of carbonyl (C=O) groups excluding carboxylic acids is 1. The van der Waals surface area contributed by atoms with Crippen LogP contribution in [0.2, 0.25) is 0 Å². The molecule has 1 amide bonds. The van der Waals surface area contributed by atoms with E-state index in [9.17, 15) is 14.9 Å². The van der Waals surface area contributed by atoms with Crippen LogP contribution in [0.5, 0.6) is 0 Å². The molecule has 0 saturated carbocycles. The van der Waals surface area contributed by atoms with Crippen molar-refractivity contribution in [3.63, 3.8) is 0 Å². The highest BCUT2D eigenvalue weighted by molar-refractivity contribution is 5.86. The Morgan fingerprint density at radius 1 is 1.65 bits per heavy atom. The maximum atomic E-state index is 11.8. The van der Waals surface area contributed by atoms with Crippen LogP contribution in [-0.4, -0.2) is 40.4 Å². The fraction of sp³-hybridized carbons (Fsp3) is 0.500. The number of nitrogen functional groups attached to an aromatic ring is 1. The summed E-state index contributed by atoms with van der Waals surface area (Å²) in [7, 11) is 1.53. The third kappa shape index (κ3) is 2.45. The van der Waals surface area contributed by atoms with Gasteiger partial charge < -0.3 is 10.2 Å². The summed E-state index contributed by atoms with van der Waals surface area (Å²) in [5.74, 6) is 5.19. The number of hydrazine groups is 1. The molecule has 1 fully saturated rings. The minimum absolute atomic E-state index is 0.0631. The Labute approximate surface area is 114 Å². The predicted octanol–water partition coefficient (Wildman–Crippen LogP) is -0.615. The number of anilines is 2. The van der Waals surface area contributed by atoms with Crippen LogP contribution in [0.3, 0.4) is 0 Å². The normalized spacial score (nSPS) is 17.9. The summed E-state index contributed by atoms with van der Waals surface area (Å²) in [5, 5.41) is 13.6. The van der Waals surface area contributed by atoms with Gasteiger partial charge in [0.2, 0.25) is 17.7 Å². The molecular weight excluding hydrogens is 266 g/mol. The first-order valence-corrected chi connectivity index (χ1v) is 6.04. The molecule has 108 valence electrons. The van der Waals surface area contributed by atoms with Crippen LogP contribution in [-0.2, 0) is 4.79 Å². The van der Waals surface area contributed by atoms with Gasteiger partial charge in [0.25, 0.3) is 0 Å². The topological polar surface area (TPSA) is 139 Å². The molecule has 10 heteroatoms. The summed E-state index contributed by atoms with van der Waals surface area (Å²) in [6, 6.07) is -0.473. The van der Waals surface area contributed by atoms with Gasteiger partial charge in [-0.05, 0) is 12.8 Å². The van der Waals surface area contributed by atoms with E-state index >= 15 is 0 Å². The molecule has 0 bridgehead atoms. The SMILES string of the molecule is CNC(=O)C1CCCN1c1nc(NN)ncc1[N+](=O)[O-]. The molecule has 1 atom stereocenters. The van der Waals surface area contributed by atoms with E-state index < -0.39 is 11.0 Å². The number of rotatable bonds is 4. The third-order valence-corrected chi connectivity index (χ3v) is 3.15. The minimum atomic E-state index is -0.575. The molecule has 0 spiro atoms. The van der Waals surface area contributed by atoms with Gasteiger partial charge in [0.15, 0.2) is 0 Å². The van der Waals surface area contributed by atoms with Gasteiger partial charge in [0, 0.05) is 13.6 Å². The molecule has 1 aliphatic rings. The number of aromatic nitrogens is 2. The summed E-state index contributed by atoms with van der Waals surface area (Å²) < 4.78 is 0. The quantitative estimate of drug-likeness (QED) is 0.377. The molecule has 4 N–H and O–H groups in total. The van der Waals surface area contributed by atoms with Crippen LogP contribution in [0, 0.1) is 10.1 Å². The standard InChI is InChI=1S/C10H15N7O3/c1-12-9(18)6-3-2-4-16(6)8-7(17(19)20)5-13-10(14-8)15-11/h5-6H,2-4,11H2,1H3,(H,12,18)(H,13,14,15). The number of carbonyl (C=O) groups is 1. The Bertz CT molecular complexity index is 536. The molecule has 1 aromatic rings. The van der Waals surface area contributed by atoms with Gasteiger partial charge in [-0.1, -0.05) is 0 Å². The smallest absolute Gasteiger partial charge is 0.329 e. The molecule has 2 heterocycles. The minimum Gasteiger partial charge on any atom is -0.357 e. The zero-order valence-electron chi connectivity index (χ0n) is 10.9. The highest BCUT2D eigenvalue weighted by atomic mass is 16.6. The number of hydrogen-bond acceptors (Lipinski definition) is 8. The van der Waals surface area contributed by atoms with Crippen molar-refractivity contribution >= 4 is 23.4 Å². The molecule has 2 rings (SSSR count). The van der Waals surface area contributed by atoms with Gasteiger partial charge in [0.05, 0.1) is 4.92 Å². The molecule has 0 radical (unpaired) electrons. The van der Waals surface area contributed by atoms with Crippen LogP contribution in [0.4, 0.5) is 17.5 Å². The fourth-order valence-corrected chi connectivity index (χ4v) is 2.24. The molecule has 0 aromatic carbocycles. The van der Waals surface area contributed by atoms with Crippen molar-refractivity contribution in [1.82, 2.24) is 15.3 Å². The first-order valence-electron chi connectivity index (χ1n) is 6.04. The zero-order valence-corrected chi connectivity index (χ0v) is 10.9. The Morgan fingerprint density at radius 2 is 2.40 bits per heavy atom.